The SMILES string of the molecule is O=C(NCC1(CCl)CCCC1)c1cc2c(s1)CCSC2. The van der Waals surface area contributed by atoms with Crippen LogP contribution in [0.3, 0.4) is 0 Å². The van der Waals surface area contributed by atoms with Gasteiger partial charge < -0.3 is 5.32 Å². The van der Waals surface area contributed by atoms with Crippen molar-refractivity contribution in [2.24, 2.45) is 5.41 Å². The molecule has 1 aromatic rings. The molecule has 110 valence electrons. The van der Waals surface area contributed by atoms with Gasteiger partial charge in [0.2, 0.25) is 0 Å². The van der Waals surface area contributed by atoms with Crippen molar-refractivity contribution in [2.45, 2.75) is 37.9 Å². The molecule has 1 aliphatic heterocycles. The van der Waals surface area contributed by atoms with E-state index in [1.165, 1.54) is 29.0 Å². The summed E-state index contributed by atoms with van der Waals surface area (Å²) in [6, 6.07) is 2.09. The van der Waals surface area contributed by atoms with E-state index >= 15 is 0 Å². The highest BCUT2D eigenvalue weighted by molar-refractivity contribution is 7.98. The quantitative estimate of drug-likeness (QED) is 0.844. The Balaban J connectivity index is 1.63. The number of amides is 1. The van der Waals surface area contributed by atoms with Gasteiger partial charge in [-0.05, 0) is 36.6 Å². The highest BCUT2D eigenvalue weighted by Crippen LogP contribution is 2.38. The van der Waals surface area contributed by atoms with E-state index in [1.54, 1.807) is 11.3 Å². The Hall–Kier alpha value is -0.190. The number of aryl methyl sites for hydroxylation is 1. The second kappa shape index (κ2) is 6.29. The lowest BCUT2D eigenvalue weighted by molar-refractivity contribution is 0.0939. The molecule has 20 heavy (non-hydrogen) atoms. The first-order valence-electron chi connectivity index (χ1n) is 7.26. The van der Waals surface area contributed by atoms with Gasteiger partial charge in [-0.15, -0.1) is 22.9 Å². The molecule has 2 aliphatic rings. The Morgan fingerprint density at radius 1 is 1.40 bits per heavy atom. The zero-order valence-corrected chi connectivity index (χ0v) is 13.9. The van der Waals surface area contributed by atoms with Gasteiger partial charge in [-0.3, -0.25) is 4.79 Å². The van der Waals surface area contributed by atoms with E-state index < -0.39 is 0 Å². The molecule has 0 radical (unpaired) electrons. The fourth-order valence-corrected chi connectivity index (χ4v) is 5.75. The molecular weight excluding hydrogens is 310 g/mol. The van der Waals surface area contributed by atoms with Gasteiger partial charge >= 0.3 is 0 Å². The fraction of sp³-hybridized carbons (Fsp3) is 0.667. The van der Waals surface area contributed by atoms with Crippen molar-refractivity contribution in [1.82, 2.24) is 5.32 Å². The van der Waals surface area contributed by atoms with E-state index in [0.717, 1.165) is 36.4 Å². The molecule has 0 unspecified atom stereocenters. The molecule has 0 aromatic carbocycles. The smallest absolute Gasteiger partial charge is 0.261 e. The number of hydrogen-bond acceptors (Lipinski definition) is 3. The highest BCUT2D eigenvalue weighted by Gasteiger charge is 2.33. The molecule has 1 aliphatic carbocycles. The Labute approximate surface area is 133 Å². The lowest BCUT2D eigenvalue weighted by atomic mass is 9.88. The average Bonchev–Trinajstić information content (AvgIpc) is 3.12. The molecule has 2 nitrogen and oxygen atoms in total. The Morgan fingerprint density at radius 3 is 2.90 bits per heavy atom. The molecule has 0 saturated heterocycles. The maximum Gasteiger partial charge on any atom is 0.261 e. The van der Waals surface area contributed by atoms with E-state index in [-0.39, 0.29) is 11.3 Å². The first kappa shape index (κ1) is 14.7. The number of alkyl halides is 1. The third-order valence-corrected chi connectivity index (χ3v) is 7.23. The molecule has 1 amide bonds. The van der Waals surface area contributed by atoms with E-state index in [2.05, 4.69) is 11.4 Å². The van der Waals surface area contributed by atoms with Crippen LogP contribution >= 0.6 is 34.7 Å². The molecule has 5 heteroatoms. The summed E-state index contributed by atoms with van der Waals surface area (Å²) in [5, 5.41) is 3.12. The molecular formula is C15H20ClNOS2. The van der Waals surface area contributed by atoms with Crippen LogP contribution in [-0.4, -0.2) is 24.1 Å². The molecule has 3 rings (SSSR count). The molecule has 0 bridgehead atoms. The minimum absolute atomic E-state index is 0.0887. The number of nitrogens with one attached hydrogen (secondary N) is 1. The second-order valence-corrected chi connectivity index (χ2v) is 8.39. The summed E-state index contributed by atoms with van der Waals surface area (Å²) in [6.07, 6.45) is 5.90. The number of carbonyl (C=O) groups is 1. The molecule has 1 saturated carbocycles. The Kier molecular flexibility index (Phi) is 4.63. The van der Waals surface area contributed by atoms with Gasteiger partial charge in [0.15, 0.2) is 0 Å². The fourth-order valence-electron chi connectivity index (χ4n) is 3.10. The minimum Gasteiger partial charge on any atom is -0.351 e. The maximum atomic E-state index is 12.3. The number of thioether (sulfide) groups is 1. The van der Waals surface area contributed by atoms with Gasteiger partial charge in [0.1, 0.15) is 0 Å². The Bertz CT molecular complexity index is 471. The van der Waals surface area contributed by atoms with Crippen LogP contribution < -0.4 is 5.32 Å². The topological polar surface area (TPSA) is 29.1 Å². The standard InChI is InChI=1S/C15H20ClNOS2/c16-9-15(4-1-2-5-15)10-17-14(18)13-7-11-8-19-6-3-12(11)20-13/h7H,1-6,8-10H2,(H,17,18). The van der Waals surface area contributed by atoms with Gasteiger partial charge in [-0.2, -0.15) is 11.8 Å². The molecule has 0 spiro atoms. The van der Waals surface area contributed by atoms with Crippen molar-refractivity contribution in [1.29, 1.82) is 0 Å². The third-order valence-electron chi connectivity index (χ3n) is 4.42. The molecule has 1 N–H and O–H groups in total. The van der Waals surface area contributed by atoms with E-state index in [1.807, 2.05) is 11.8 Å². The van der Waals surface area contributed by atoms with Crippen LogP contribution in [0.5, 0.6) is 0 Å². The van der Waals surface area contributed by atoms with Crippen molar-refractivity contribution in [3.05, 3.63) is 21.4 Å². The lowest BCUT2D eigenvalue weighted by Crippen LogP contribution is -2.36. The zero-order chi connectivity index (χ0) is 14.0. The van der Waals surface area contributed by atoms with Crippen molar-refractivity contribution < 1.29 is 4.79 Å². The molecule has 1 fully saturated rings. The van der Waals surface area contributed by atoms with Gasteiger partial charge in [0.05, 0.1) is 4.88 Å². The van der Waals surface area contributed by atoms with Crippen LogP contribution in [0, 0.1) is 5.41 Å². The average molecular weight is 330 g/mol. The summed E-state index contributed by atoms with van der Waals surface area (Å²) in [4.78, 5) is 14.6. The van der Waals surface area contributed by atoms with Crippen molar-refractivity contribution >= 4 is 40.6 Å². The first-order chi connectivity index (χ1) is 9.72. The number of thiophene rings is 1. The summed E-state index contributed by atoms with van der Waals surface area (Å²) in [5.41, 5.74) is 1.51. The summed E-state index contributed by atoms with van der Waals surface area (Å²) in [6.45, 7) is 0.729. The first-order valence-corrected chi connectivity index (χ1v) is 9.76. The number of fused-ring (bicyclic) bond motifs is 1. The predicted molar refractivity (Wildman–Crippen MR) is 88.1 cm³/mol. The van der Waals surface area contributed by atoms with Gasteiger partial charge in [-0.25, -0.2) is 0 Å². The normalized spacial score (nSPS) is 20.6. The largest absolute Gasteiger partial charge is 0.351 e. The summed E-state index contributed by atoms with van der Waals surface area (Å²) < 4.78 is 0. The monoisotopic (exact) mass is 329 g/mol. The molecule has 2 heterocycles. The van der Waals surface area contributed by atoms with Gasteiger partial charge in [0, 0.05) is 28.5 Å². The lowest BCUT2D eigenvalue weighted by Gasteiger charge is -2.26. The van der Waals surface area contributed by atoms with E-state index in [9.17, 15) is 4.79 Å². The minimum atomic E-state index is 0.0887. The van der Waals surface area contributed by atoms with Crippen LogP contribution in [0.4, 0.5) is 0 Å². The van der Waals surface area contributed by atoms with Gasteiger partial charge in [0.25, 0.3) is 5.91 Å². The number of hydrogen-bond donors (Lipinski definition) is 1. The maximum absolute atomic E-state index is 12.3. The summed E-state index contributed by atoms with van der Waals surface area (Å²) >= 11 is 9.76. The van der Waals surface area contributed by atoms with Gasteiger partial charge in [-0.1, -0.05) is 12.8 Å². The number of carbonyl (C=O) groups excluding carboxylic acids is 1. The van der Waals surface area contributed by atoms with Crippen LogP contribution in [-0.2, 0) is 12.2 Å². The van der Waals surface area contributed by atoms with Crippen LogP contribution in [0.25, 0.3) is 0 Å². The van der Waals surface area contributed by atoms with Crippen molar-refractivity contribution in [2.75, 3.05) is 18.2 Å². The van der Waals surface area contributed by atoms with E-state index in [0.29, 0.717) is 5.88 Å². The number of halogens is 1. The molecule has 1 aromatic heterocycles. The second-order valence-electron chi connectivity index (χ2n) is 5.89. The van der Waals surface area contributed by atoms with Crippen LogP contribution in [0.2, 0.25) is 0 Å². The van der Waals surface area contributed by atoms with E-state index in [4.69, 9.17) is 11.6 Å². The number of rotatable bonds is 4. The van der Waals surface area contributed by atoms with Crippen molar-refractivity contribution in [3.8, 4) is 0 Å². The summed E-state index contributed by atoms with van der Waals surface area (Å²) in [5.74, 6) is 2.99. The van der Waals surface area contributed by atoms with Crippen LogP contribution in [0.1, 0.15) is 45.8 Å². The zero-order valence-electron chi connectivity index (χ0n) is 11.5. The van der Waals surface area contributed by atoms with Crippen molar-refractivity contribution in [3.63, 3.8) is 0 Å². The highest BCUT2D eigenvalue weighted by atomic mass is 35.5. The summed E-state index contributed by atoms with van der Waals surface area (Å²) in [7, 11) is 0. The predicted octanol–water partition coefficient (Wildman–Crippen LogP) is 4.07. The molecule has 0 atom stereocenters. The third kappa shape index (κ3) is 3.02. The Morgan fingerprint density at radius 2 is 2.20 bits per heavy atom. The van der Waals surface area contributed by atoms with Crippen LogP contribution in [0.15, 0.2) is 6.07 Å².